The average molecular weight is 281 g/mol. The van der Waals surface area contributed by atoms with E-state index in [-0.39, 0.29) is 12.1 Å². The Kier molecular flexibility index (Phi) is 4.70. The molecule has 0 amide bonds. The molecule has 0 aromatic carbocycles. The maximum Gasteiger partial charge on any atom is 0.216 e. The van der Waals surface area contributed by atoms with Gasteiger partial charge in [0.25, 0.3) is 0 Å². The van der Waals surface area contributed by atoms with Crippen molar-refractivity contribution in [3.63, 3.8) is 0 Å². The largest absolute Gasteiger partial charge is 0.481 e. The second kappa shape index (κ2) is 6.14. The minimum absolute atomic E-state index is 0.148. The third-order valence-corrected chi connectivity index (χ3v) is 4.52. The van der Waals surface area contributed by atoms with E-state index in [1.807, 2.05) is 14.0 Å². The highest BCUT2D eigenvalue weighted by Gasteiger charge is 2.34. The maximum atomic E-state index is 9.82. The molecule has 2 unspecified atom stereocenters. The molecular weight excluding hydrogens is 254 g/mol. The van der Waals surface area contributed by atoms with Crippen LogP contribution in [-0.2, 0) is 13.6 Å². The molecule has 0 spiro atoms. The van der Waals surface area contributed by atoms with E-state index in [1.165, 1.54) is 12.8 Å². The van der Waals surface area contributed by atoms with Crippen LogP contribution in [0.4, 0.5) is 0 Å². The molecule has 0 aliphatic heterocycles. The van der Waals surface area contributed by atoms with Gasteiger partial charge in [-0.3, -0.25) is 0 Å². The SMILES string of the molecule is COc1c(CNC2(CO)CCCC(C)C2)c(C)nn1C. The Morgan fingerprint density at radius 3 is 2.90 bits per heavy atom. The van der Waals surface area contributed by atoms with E-state index >= 15 is 0 Å². The van der Waals surface area contributed by atoms with Crippen molar-refractivity contribution in [2.24, 2.45) is 13.0 Å². The van der Waals surface area contributed by atoms with E-state index in [2.05, 4.69) is 17.3 Å². The molecule has 2 rings (SSSR count). The van der Waals surface area contributed by atoms with E-state index in [1.54, 1.807) is 11.8 Å². The molecule has 2 N–H and O–H groups in total. The Labute approximate surface area is 121 Å². The molecule has 20 heavy (non-hydrogen) atoms. The summed E-state index contributed by atoms with van der Waals surface area (Å²) >= 11 is 0. The van der Waals surface area contributed by atoms with Gasteiger partial charge in [0.15, 0.2) is 0 Å². The van der Waals surface area contributed by atoms with Crippen LogP contribution in [0.15, 0.2) is 0 Å². The predicted molar refractivity (Wildman–Crippen MR) is 78.8 cm³/mol. The molecule has 1 aromatic heterocycles. The standard InChI is InChI=1S/C15H27N3O2/c1-11-6-5-7-15(8-11,10-19)16-9-13-12(2)17-18(3)14(13)20-4/h11,16,19H,5-10H2,1-4H3. The number of hydrogen-bond acceptors (Lipinski definition) is 4. The Hall–Kier alpha value is -1.07. The first-order valence-corrected chi connectivity index (χ1v) is 7.43. The molecule has 1 aliphatic carbocycles. The lowest BCUT2D eigenvalue weighted by molar-refractivity contribution is 0.0979. The van der Waals surface area contributed by atoms with Gasteiger partial charge in [0.2, 0.25) is 5.88 Å². The first-order chi connectivity index (χ1) is 9.51. The zero-order chi connectivity index (χ0) is 14.8. The van der Waals surface area contributed by atoms with Gasteiger partial charge < -0.3 is 15.2 Å². The fraction of sp³-hybridized carbons (Fsp3) is 0.800. The monoisotopic (exact) mass is 281 g/mol. The number of hydrogen-bond donors (Lipinski definition) is 2. The summed E-state index contributed by atoms with van der Waals surface area (Å²) in [4.78, 5) is 0. The molecule has 1 aliphatic rings. The topological polar surface area (TPSA) is 59.3 Å². The fourth-order valence-corrected chi connectivity index (χ4v) is 3.44. The maximum absolute atomic E-state index is 9.82. The predicted octanol–water partition coefficient (Wildman–Crippen LogP) is 1.77. The lowest BCUT2D eigenvalue weighted by Gasteiger charge is -2.39. The summed E-state index contributed by atoms with van der Waals surface area (Å²) in [6.45, 7) is 5.14. The van der Waals surface area contributed by atoms with Crippen molar-refractivity contribution in [2.45, 2.75) is 51.6 Å². The molecule has 5 nitrogen and oxygen atoms in total. The molecule has 2 atom stereocenters. The van der Waals surface area contributed by atoms with Crippen LogP contribution in [0.5, 0.6) is 5.88 Å². The number of nitrogens with zero attached hydrogens (tertiary/aromatic N) is 2. The van der Waals surface area contributed by atoms with Gasteiger partial charge in [0, 0.05) is 19.1 Å². The first kappa shape index (κ1) is 15.3. The van der Waals surface area contributed by atoms with Crippen LogP contribution < -0.4 is 10.1 Å². The summed E-state index contributed by atoms with van der Waals surface area (Å²) in [5, 5.41) is 17.8. The van der Waals surface area contributed by atoms with E-state index in [0.717, 1.165) is 30.0 Å². The van der Waals surface area contributed by atoms with E-state index in [9.17, 15) is 5.11 Å². The van der Waals surface area contributed by atoms with Gasteiger partial charge in [-0.05, 0) is 25.7 Å². The molecule has 114 valence electrons. The molecule has 0 bridgehead atoms. The van der Waals surface area contributed by atoms with Crippen molar-refractivity contribution in [3.8, 4) is 5.88 Å². The highest BCUT2D eigenvalue weighted by Crippen LogP contribution is 2.33. The van der Waals surface area contributed by atoms with Crippen molar-refractivity contribution in [3.05, 3.63) is 11.3 Å². The summed E-state index contributed by atoms with van der Waals surface area (Å²) < 4.78 is 7.19. The van der Waals surface area contributed by atoms with Crippen LogP contribution >= 0.6 is 0 Å². The van der Waals surface area contributed by atoms with E-state index in [4.69, 9.17) is 4.74 Å². The number of ether oxygens (including phenoxy) is 1. The summed E-state index contributed by atoms with van der Waals surface area (Å²) in [7, 11) is 3.56. The van der Waals surface area contributed by atoms with Crippen molar-refractivity contribution in [1.29, 1.82) is 0 Å². The average Bonchev–Trinajstić information content (AvgIpc) is 2.70. The van der Waals surface area contributed by atoms with Gasteiger partial charge in [-0.2, -0.15) is 5.10 Å². The van der Waals surface area contributed by atoms with E-state index < -0.39 is 0 Å². The van der Waals surface area contributed by atoms with Gasteiger partial charge in [-0.15, -0.1) is 0 Å². The third-order valence-electron chi connectivity index (χ3n) is 4.52. The molecule has 5 heteroatoms. The zero-order valence-electron chi connectivity index (χ0n) is 13.1. The van der Waals surface area contributed by atoms with Crippen molar-refractivity contribution in [1.82, 2.24) is 15.1 Å². The molecule has 1 aromatic rings. The number of methoxy groups -OCH3 is 1. The normalized spacial score (nSPS) is 26.8. The third kappa shape index (κ3) is 2.99. The molecule has 1 saturated carbocycles. The molecule has 0 saturated heterocycles. The van der Waals surface area contributed by atoms with Gasteiger partial charge >= 0.3 is 0 Å². The number of nitrogens with one attached hydrogen (secondary N) is 1. The van der Waals surface area contributed by atoms with Crippen LogP contribution in [0.25, 0.3) is 0 Å². The van der Waals surface area contributed by atoms with Crippen LogP contribution in [0.2, 0.25) is 0 Å². The molecule has 1 heterocycles. The Morgan fingerprint density at radius 2 is 2.30 bits per heavy atom. The summed E-state index contributed by atoms with van der Waals surface area (Å²) in [5.41, 5.74) is 1.92. The number of rotatable bonds is 5. The lowest BCUT2D eigenvalue weighted by atomic mass is 9.77. The Balaban J connectivity index is 2.10. The van der Waals surface area contributed by atoms with E-state index in [0.29, 0.717) is 12.5 Å². The first-order valence-electron chi connectivity index (χ1n) is 7.43. The highest BCUT2D eigenvalue weighted by atomic mass is 16.5. The lowest BCUT2D eigenvalue weighted by Crippen LogP contribution is -2.51. The number of aliphatic hydroxyl groups excluding tert-OH is 1. The molecule has 0 radical (unpaired) electrons. The molecule has 1 fully saturated rings. The number of aromatic nitrogens is 2. The van der Waals surface area contributed by atoms with Crippen molar-refractivity contribution in [2.75, 3.05) is 13.7 Å². The van der Waals surface area contributed by atoms with Crippen LogP contribution in [0, 0.1) is 12.8 Å². The summed E-state index contributed by atoms with van der Waals surface area (Å²) in [6, 6.07) is 0. The fourth-order valence-electron chi connectivity index (χ4n) is 3.44. The van der Waals surface area contributed by atoms with Crippen molar-refractivity contribution >= 4 is 0 Å². The van der Waals surface area contributed by atoms with Gasteiger partial charge in [-0.25, -0.2) is 4.68 Å². The minimum Gasteiger partial charge on any atom is -0.481 e. The summed E-state index contributed by atoms with van der Waals surface area (Å²) in [6.07, 6.45) is 4.51. The Bertz CT molecular complexity index is 458. The van der Waals surface area contributed by atoms with Crippen molar-refractivity contribution < 1.29 is 9.84 Å². The Morgan fingerprint density at radius 1 is 1.55 bits per heavy atom. The number of aliphatic hydroxyl groups is 1. The smallest absolute Gasteiger partial charge is 0.216 e. The quantitative estimate of drug-likeness (QED) is 0.863. The van der Waals surface area contributed by atoms with Gasteiger partial charge in [0.05, 0.1) is 25.0 Å². The second-order valence-electron chi connectivity index (χ2n) is 6.19. The number of aryl methyl sites for hydroxylation is 2. The zero-order valence-corrected chi connectivity index (χ0v) is 13.1. The minimum atomic E-state index is -0.148. The van der Waals surface area contributed by atoms with Gasteiger partial charge in [0.1, 0.15) is 0 Å². The highest BCUT2D eigenvalue weighted by molar-refractivity contribution is 5.31. The molecular formula is C15H27N3O2. The summed E-state index contributed by atoms with van der Waals surface area (Å²) in [5.74, 6) is 1.47. The van der Waals surface area contributed by atoms with Gasteiger partial charge in [-0.1, -0.05) is 19.8 Å². The van der Waals surface area contributed by atoms with Crippen LogP contribution in [0.1, 0.15) is 43.9 Å². The van der Waals surface area contributed by atoms with Crippen LogP contribution in [-0.4, -0.2) is 34.1 Å². The van der Waals surface area contributed by atoms with Crippen LogP contribution in [0.3, 0.4) is 0 Å². The second-order valence-corrected chi connectivity index (χ2v) is 6.19.